The van der Waals surface area contributed by atoms with E-state index in [1.807, 2.05) is 29.7 Å². The third kappa shape index (κ3) is 5.66. The van der Waals surface area contributed by atoms with Gasteiger partial charge in [0.05, 0.1) is 13.1 Å². The number of amides is 1. The number of carbonyl (C=O) groups excluding carboxylic acids is 1. The molecule has 0 fully saturated rings. The number of rotatable bonds is 8. The lowest BCUT2D eigenvalue weighted by atomic mass is 10.1. The number of thiophene rings is 1. The van der Waals surface area contributed by atoms with Gasteiger partial charge in [-0.3, -0.25) is 4.79 Å². The molecule has 0 saturated carbocycles. The molecule has 0 spiro atoms. The van der Waals surface area contributed by atoms with Crippen molar-refractivity contribution in [2.24, 2.45) is 0 Å². The molecule has 2 rings (SSSR count). The quantitative estimate of drug-likeness (QED) is 0.717. The molecule has 0 aliphatic heterocycles. The number of carbonyl (C=O) groups is 1. The summed E-state index contributed by atoms with van der Waals surface area (Å²) in [7, 11) is 0. The van der Waals surface area contributed by atoms with Crippen LogP contribution in [0.25, 0.3) is 6.08 Å². The Hall–Kier alpha value is -1.91. The molecule has 0 aliphatic rings. The molecule has 122 valence electrons. The average Bonchev–Trinajstić information content (AvgIpc) is 3.10. The van der Waals surface area contributed by atoms with Crippen molar-refractivity contribution in [1.82, 2.24) is 5.32 Å². The van der Waals surface area contributed by atoms with Gasteiger partial charge in [0.2, 0.25) is 5.91 Å². The van der Waals surface area contributed by atoms with Gasteiger partial charge in [-0.25, -0.2) is 0 Å². The molecule has 4 heteroatoms. The van der Waals surface area contributed by atoms with Crippen LogP contribution < -0.4 is 10.2 Å². The third-order valence-corrected chi connectivity index (χ3v) is 4.79. The molecule has 1 amide bonds. The summed E-state index contributed by atoms with van der Waals surface area (Å²) >= 11 is 1.62. The monoisotopic (exact) mass is 329 g/mol. The summed E-state index contributed by atoms with van der Waals surface area (Å²) in [6, 6.07) is 12.3. The number of nitrogens with one attached hydrogen (secondary N) is 2. The van der Waals surface area contributed by atoms with Crippen molar-refractivity contribution in [3.8, 4) is 0 Å². The summed E-state index contributed by atoms with van der Waals surface area (Å²) in [5, 5.41) is 4.98. The van der Waals surface area contributed by atoms with E-state index >= 15 is 0 Å². The topological polar surface area (TPSA) is 33.5 Å². The molecule has 0 radical (unpaired) electrons. The van der Waals surface area contributed by atoms with Crippen molar-refractivity contribution in [2.45, 2.75) is 26.9 Å². The normalized spacial score (nSPS) is 11.3. The van der Waals surface area contributed by atoms with Crippen molar-refractivity contribution in [1.29, 1.82) is 0 Å². The third-order valence-electron chi connectivity index (χ3n) is 3.95. The minimum absolute atomic E-state index is 0.0524. The van der Waals surface area contributed by atoms with Crippen LogP contribution >= 0.6 is 11.3 Å². The SMILES string of the molecule is CC[NH+](CC)Cc1ccccc1CNC(=O)/C=C/c1cccs1. The predicted octanol–water partition coefficient (Wildman–Crippen LogP) is 2.50. The Morgan fingerprint density at radius 2 is 1.87 bits per heavy atom. The molecule has 0 unspecified atom stereocenters. The molecule has 2 aromatic rings. The van der Waals surface area contributed by atoms with E-state index in [1.54, 1.807) is 22.3 Å². The van der Waals surface area contributed by atoms with Crippen LogP contribution in [0.3, 0.4) is 0 Å². The van der Waals surface area contributed by atoms with E-state index in [-0.39, 0.29) is 5.91 Å². The first kappa shape index (κ1) is 17.4. The lowest BCUT2D eigenvalue weighted by Gasteiger charge is -2.17. The zero-order chi connectivity index (χ0) is 16.5. The zero-order valence-electron chi connectivity index (χ0n) is 13.8. The molecule has 1 heterocycles. The van der Waals surface area contributed by atoms with E-state index in [1.165, 1.54) is 11.1 Å². The summed E-state index contributed by atoms with van der Waals surface area (Å²) in [5.74, 6) is -0.0524. The minimum atomic E-state index is -0.0524. The first-order valence-corrected chi connectivity index (χ1v) is 9.00. The molecular formula is C19H25N2OS+. The number of hydrogen-bond acceptors (Lipinski definition) is 2. The Kier molecular flexibility index (Phi) is 7.04. The largest absolute Gasteiger partial charge is 0.348 e. The number of quaternary nitrogens is 1. The lowest BCUT2D eigenvalue weighted by Crippen LogP contribution is -3.10. The van der Waals surface area contributed by atoms with E-state index in [9.17, 15) is 4.79 Å². The van der Waals surface area contributed by atoms with Crippen LogP contribution in [-0.2, 0) is 17.9 Å². The maximum absolute atomic E-state index is 12.0. The van der Waals surface area contributed by atoms with Gasteiger partial charge >= 0.3 is 0 Å². The zero-order valence-corrected chi connectivity index (χ0v) is 14.7. The second-order valence-electron chi connectivity index (χ2n) is 5.47. The Morgan fingerprint density at radius 3 is 2.52 bits per heavy atom. The van der Waals surface area contributed by atoms with Crippen LogP contribution in [0.15, 0.2) is 47.9 Å². The molecule has 23 heavy (non-hydrogen) atoms. The van der Waals surface area contributed by atoms with E-state index < -0.39 is 0 Å². The predicted molar refractivity (Wildman–Crippen MR) is 97.4 cm³/mol. The summed E-state index contributed by atoms with van der Waals surface area (Å²) in [5.41, 5.74) is 2.51. The molecule has 0 bridgehead atoms. The van der Waals surface area contributed by atoms with Gasteiger partial charge in [-0.1, -0.05) is 30.3 Å². The highest BCUT2D eigenvalue weighted by Gasteiger charge is 2.09. The maximum Gasteiger partial charge on any atom is 0.244 e. The summed E-state index contributed by atoms with van der Waals surface area (Å²) in [6.07, 6.45) is 3.45. The van der Waals surface area contributed by atoms with E-state index in [4.69, 9.17) is 0 Å². The van der Waals surface area contributed by atoms with Crippen LogP contribution in [0.1, 0.15) is 29.9 Å². The van der Waals surface area contributed by atoms with Gasteiger partial charge in [-0.2, -0.15) is 0 Å². The summed E-state index contributed by atoms with van der Waals surface area (Å²) in [6.45, 7) is 8.22. The fraction of sp³-hybridized carbons (Fsp3) is 0.316. The van der Waals surface area contributed by atoms with Crippen molar-refractivity contribution in [2.75, 3.05) is 13.1 Å². The fourth-order valence-electron chi connectivity index (χ4n) is 2.46. The second kappa shape index (κ2) is 9.28. The summed E-state index contributed by atoms with van der Waals surface area (Å²) < 4.78 is 0. The molecule has 0 atom stereocenters. The lowest BCUT2D eigenvalue weighted by molar-refractivity contribution is -0.910. The Labute approximate surface area is 142 Å². The smallest absolute Gasteiger partial charge is 0.244 e. The Bertz CT molecular complexity index is 631. The molecule has 1 aromatic heterocycles. The first-order valence-electron chi connectivity index (χ1n) is 8.12. The molecule has 0 saturated heterocycles. The Balaban J connectivity index is 1.93. The highest BCUT2D eigenvalue weighted by atomic mass is 32.1. The highest BCUT2D eigenvalue weighted by Crippen LogP contribution is 2.10. The van der Waals surface area contributed by atoms with Crippen molar-refractivity contribution < 1.29 is 9.69 Å². The minimum Gasteiger partial charge on any atom is -0.348 e. The van der Waals surface area contributed by atoms with Crippen LogP contribution in [0.4, 0.5) is 0 Å². The van der Waals surface area contributed by atoms with Crippen LogP contribution in [0.5, 0.6) is 0 Å². The van der Waals surface area contributed by atoms with E-state index in [0.29, 0.717) is 6.54 Å². The van der Waals surface area contributed by atoms with Crippen LogP contribution in [0, 0.1) is 0 Å². The van der Waals surface area contributed by atoms with Gasteiger partial charge < -0.3 is 10.2 Å². The standard InChI is InChI=1S/C19H24N2OS/c1-3-21(4-2)15-17-9-6-5-8-16(17)14-20-19(22)12-11-18-10-7-13-23-18/h5-13H,3-4,14-15H2,1-2H3,(H,20,22)/p+1/b12-11+. The van der Waals surface area contributed by atoms with Gasteiger partial charge in [-0.15, -0.1) is 11.3 Å². The average molecular weight is 329 g/mol. The van der Waals surface area contributed by atoms with Gasteiger partial charge in [0, 0.05) is 23.1 Å². The van der Waals surface area contributed by atoms with Crippen molar-refractivity contribution in [3.63, 3.8) is 0 Å². The second-order valence-corrected chi connectivity index (χ2v) is 6.45. The Morgan fingerprint density at radius 1 is 1.13 bits per heavy atom. The van der Waals surface area contributed by atoms with Crippen LogP contribution in [-0.4, -0.2) is 19.0 Å². The molecule has 3 nitrogen and oxygen atoms in total. The van der Waals surface area contributed by atoms with Gasteiger partial charge in [0.25, 0.3) is 0 Å². The van der Waals surface area contributed by atoms with E-state index in [2.05, 4.69) is 37.4 Å². The fourth-order valence-corrected chi connectivity index (χ4v) is 3.07. The molecule has 1 aromatic carbocycles. The van der Waals surface area contributed by atoms with Crippen molar-refractivity contribution >= 4 is 23.3 Å². The number of benzene rings is 1. The van der Waals surface area contributed by atoms with E-state index in [0.717, 1.165) is 24.5 Å². The summed E-state index contributed by atoms with van der Waals surface area (Å²) in [4.78, 5) is 14.6. The highest BCUT2D eigenvalue weighted by molar-refractivity contribution is 7.10. The molecular weight excluding hydrogens is 304 g/mol. The van der Waals surface area contributed by atoms with Gasteiger partial charge in [0.1, 0.15) is 6.54 Å². The van der Waals surface area contributed by atoms with Gasteiger partial charge in [-0.05, 0) is 36.9 Å². The number of hydrogen-bond donors (Lipinski definition) is 2. The maximum atomic E-state index is 12.0. The molecule has 0 aliphatic carbocycles. The first-order chi connectivity index (χ1) is 11.2. The van der Waals surface area contributed by atoms with Crippen LogP contribution in [0.2, 0.25) is 0 Å². The molecule has 2 N–H and O–H groups in total. The van der Waals surface area contributed by atoms with Gasteiger partial charge in [0.15, 0.2) is 0 Å². The van der Waals surface area contributed by atoms with Crippen molar-refractivity contribution in [3.05, 3.63) is 63.9 Å².